The van der Waals surface area contributed by atoms with Gasteiger partial charge in [-0.1, -0.05) is 36.0 Å². The molecule has 0 N–H and O–H groups in total. The van der Waals surface area contributed by atoms with Crippen molar-refractivity contribution >= 4 is 34.1 Å². The van der Waals surface area contributed by atoms with Gasteiger partial charge in [0.2, 0.25) is 5.89 Å². The van der Waals surface area contributed by atoms with Crippen LogP contribution < -0.4 is 0 Å². The number of benzene rings is 1. The third-order valence-electron chi connectivity index (χ3n) is 3.86. The van der Waals surface area contributed by atoms with Crippen LogP contribution in [0.15, 0.2) is 69.8 Å². The molecule has 0 aliphatic rings. The largest absolute Gasteiger partial charge is 0.419 e. The van der Waals surface area contributed by atoms with Gasteiger partial charge in [0.05, 0.1) is 27.9 Å². The smallest absolute Gasteiger partial charge is 0.257 e. The van der Waals surface area contributed by atoms with Crippen LogP contribution in [0.2, 0.25) is 0 Å². The average molecular weight is 392 g/mol. The summed E-state index contributed by atoms with van der Waals surface area (Å²) in [5.74, 6) is 1.64. The van der Waals surface area contributed by atoms with Crippen LogP contribution in [0.25, 0.3) is 27.5 Å². The van der Waals surface area contributed by atoms with E-state index in [0.29, 0.717) is 17.5 Å². The highest BCUT2D eigenvalue weighted by Crippen LogP contribution is 2.29. The number of thiophene rings is 1. The van der Waals surface area contributed by atoms with E-state index < -0.39 is 0 Å². The van der Waals surface area contributed by atoms with Crippen molar-refractivity contribution in [3.63, 3.8) is 0 Å². The Balaban J connectivity index is 1.40. The zero-order chi connectivity index (χ0) is 18.1. The van der Waals surface area contributed by atoms with Crippen molar-refractivity contribution in [1.82, 2.24) is 29.9 Å². The molecule has 0 bridgehead atoms. The van der Waals surface area contributed by atoms with Gasteiger partial charge in [-0.2, -0.15) is 5.10 Å². The fourth-order valence-electron chi connectivity index (χ4n) is 2.64. The van der Waals surface area contributed by atoms with Crippen molar-refractivity contribution in [3.05, 3.63) is 66.3 Å². The number of hydrogen-bond donors (Lipinski definition) is 0. The zero-order valence-electron chi connectivity index (χ0n) is 13.9. The Bertz CT molecular complexity index is 1180. The van der Waals surface area contributed by atoms with Gasteiger partial charge in [-0.25, -0.2) is 14.6 Å². The number of nitrogens with zero attached hydrogens (tertiary/aromatic N) is 6. The lowest BCUT2D eigenvalue weighted by atomic mass is 10.3. The highest BCUT2D eigenvalue weighted by Gasteiger charge is 2.14. The molecule has 0 amide bonds. The highest BCUT2D eigenvalue weighted by molar-refractivity contribution is 7.98. The first-order valence-electron chi connectivity index (χ1n) is 8.12. The molecule has 5 aromatic rings. The molecule has 0 unspecified atom stereocenters. The van der Waals surface area contributed by atoms with E-state index in [4.69, 9.17) is 4.42 Å². The number of thioether (sulfide) groups is 1. The van der Waals surface area contributed by atoms with Gasteiger partial charge in [0, 0.05) is 0 Å². The van der Waals surface area contributed by atoms with Crippen molar-refractivity contribution in [2.45, 2.75) is 10.8 Å². The molecule has 0 saturated carbocycles. The summed E-state index contributed by atoms with van der Waals surface area (Å²) in [5.41, 5.74) is 1.73. The molecule has 5 rings (SSSR count). The first kappa shape index (κ1) is 16.2. The lowest BCUT2D eigenvalue weighted by Crippen LogP contribution is -1.97. The van der Waals surface area contributed by atoms with Gasteiger partial charge in [0.1, 0.15) is 11.4 Å². The second-order valence-corrected chi connectivity index (χ2v) is 7.49. The molecule has 132 valence electrons. The van der Waals surface area contributed by atoms with E-state index in [0.717, 1.165) is 26.6 Å². The predicted molar refractivity (Wildman–Crippen MR) is 104 cm³/mol. The summed E-state index contributed by atoms with van der Waals surface area (Å²) < 4.78 is 7.55. The van der Waals surface area contributed by atoms with Gasteiger partial charge in [0.15, 0.2) is 5.65 Å². The molecular formula is C18H12N6OS2. The number of fused-ring (bicyclic) bond motifs is 1. The quantitative estimate of drug-likeness (QED) is 0.327. The van der Waals surface area contributed by atoms with Crippen molar-refractivity contribution in [3.8, 4) is 16.5 Å². The summed E-state index contributed by atoms with van der Waals surface area (Å²) in [5, 5.41) is 16.4. The molecule has 0 radical (unpaired) electrons. The lowest BCUT2D eigenvalue weighted by molar-refractivity contribution is 0.529. The SMILES string of the molecule is c1ccc(-n2ncc3c(SCc4nnc(-c5cccs5)o4)ncnc32)cc1. The van der Waals surface area contributed by atoms with Crippen LogP contribution in [-0.2, 0) is 5.75 Å². The standard InChI is InChI=1S/C18H12N6OS2/c1-2-5-12(6-3-1)24-16-13(9-21-24)18(20-11-19-16)27-10-15-22-23-17(25-15)14-7-4-8-26-14/h1-9,11H,10H2. The molecule has 0 fully saturated rings. The van der Waals surface area contributed by atoms with Gasteiger partial charge < -0.3 is 4.42 Å². The molecule has 0 aliphatic carbocycles. The number of para-hydroxylation sites is 1. The van der Waals surface area contributed by atoms with Crippen molar-refractivity contribution < 1.29 is 4.42 Å². The molecule has 27 heavy (non-hydrogen) atoms. The molecule has 9 heteroatoms. The first-order valence-corrected chi connectivity index (χ1v) is 9.98. The summed E-state index contributed by atoms with van der Waals surface area (Å²) >= 11 is 3.10. The molecule has 1 aromatic carbocycles. The monoisotopic (exact) mass is 392 g/mol. The number of rotatable bonds is 5. The van der Waals surface area contributed by atoms with E-state index in [1.807, 2.05) is 52.5 Å². The van der Waals surface area contributed by atoms with Crippen LogP contribution >= 0.6 is 23.1 Å². The Morgan fingerprint density at radius 2 is 1.96 bits per heavy atom. The van der Waals surface area contributed by atoms with Gasteiger partial charge in [-0.3, -0.25) is 0 Å². The van der Waals surface area contributed by atoms with Gasteiger partial charge in [-0.15, -0.1) is 21.5 Å². The maximum atomic E-state index is 5.74. The van der Waals surface area contributed by atoms with Gasteiger partial charge in [-0.05, 0) is 23.6 Å². The Kier molecular flexibility index (Phi) is 4.15. The Labute approximate surface area is 162 Å². The molecule has 4 aromatic heterocycles. The van der Waals surface area contributed by atoms with Crippen LogP contribution in [0, 0.1) is 0 Å². The molecule has 0 spiro atoms. The molecule has 0 aliphatic heterocycles. The van der Waals surface area contributed by atoms with E-state index in [1.54, 1.807) is 23.9 Å². The molecule has 4 heterocycles. The summed E-state index contributed by atoms with van der Waals surface area (Å²) in [6.07, 6.45) is 3.34. The van der Waals surface area contributed by atoms with Gasteiger partial charge in [0.25, 0.3) is 5.89 Å². The molecule has 0 saturated heterocycles. The Morgan fingerprint density at radius 3 is 2.81 bits per heavy atom. The Hall–Kier alpha value is -3.04. The summed E-state index contributed by atoms with van der Waals surface area (Å²) in [4.78, 5) is 9.76. The minimum Gasteiger partial charge on any atom is -0.419 e. The number of hydrogen-bond acceptors (Lipinski definition) is 8. The minimum absolute atomic E-state index is 0.529. The third kappa shape index (κ3) is 3.11. The number of aromatic nitrogens is 6. The molecular weight excluding hydrogens is 380 g/mol. The van der Waals surface area contributed by atoms with E-state index in [1.165, 1.54) is 11.8 Å². The lowest BCUT2D eigenvalue weighted by Gasteiger charge is -2.03. The maximum absolute atomic E-state index is 5.74. The normalized spacial score (nSPS) is 11.3. The second kappa shape index (κ2) is 6.93. The minimum atomic E-state index is 0.529. The van der Waals surface area contributed by atoms with E-state index in [9.17, 15) is 0 Å². The van der Waals surface area contributed by atoms with E-state index in [2.05, 4.69) is 25.3 Å². The van der Waals surface area contributed by atoms with Crippen LogP contribution in [0.4, 0.5) is 0 Å². The first-order chi connectivity index (χ1) is 13.4. The van der Waals surface area contributed by atoms with Crippen LogP contribution in [0.5, 0.6) is 0 Å². The van der Waals surface area contributed by atoms with Crippen LogP contribution in [0.3, 0.4) is 0 Å². The highest BCUT2D eigenvalue weighted by atomic mass is 32.2. The predicted octanol–water partition coefficient (Wildman–Crippen LogP) is 4.22. The van der Waals surface area contributed by atoms with Crippen molar-refractivity contribution in [2.24, 2.45) is 0 Å². The average Bonchev–Trinajstić information content (AvgIpc) is 3.47. The van der Waals surface area contributed by atoms with E-state index >= 15 is 0 Å². The van der Waals surface area contributed by atoms with Crippen molar-refractivity contribution in [2.75, 3.05) is 0 Å². The summed E-state index contributed by atoms with van der Waals surface area (Å²) in [6, 6.07) is 13.8. The topological polar surface area (TPSA) is 82.5 Å². The van der Waals surface area contributed by atoms with Crippen molar-refractivity contribution in [1.29, 1.82) is 0 Å². The zero-order valence-corrected chi connectivity index (χ0v) is 15.5. The molecule has 7 nitrogen and oxygen atoms in total. The van der Waals surface area contributed by atoms with E-state index in [-0.39, 0.29) is 0 Å². The summed E-state index contributed by atoms with van der Waals surface area (Å²) in [6.45, 7) is 0. The Morgan fingerprint density at radius 1 is 1.04 bits per heavy atom. The molecule has 0 atom stereocenters. The maximum Gasteiger partial charge on any atom is 0.257 e. The third-order valence-corrected chi connectivity index (χ3v) is 5.71. The fraction of sp³-hybridized carbons (Fsp3) is 0.0556. The fourth-order valence-corrected chi connectivity index (χ4v) is 4.08. The summed E-state index contributed by atoms with van der Waals surface area (Å²) in [7, 11) is 0. The van der Waals surface area contributed by atoms with Crippen LogP contribution in [-0.4, -0.2) is 29.9 Å². The van der Waals surface area contributed by atoms with Crippen LogP contribution in [0.1, 0.15) is 5.89 Å². The van der Waals surface area contributed by atoms with Gasteiger partial charge >= 0.3 is 0 Å². The second-order valence-electron chi connectivity index (χ2n) is 5.57.